The van der Waals surface area contributed by atoms with Gasteiger partial charge >= 0.3 is 0 Å². The summed E-state index contributed by atoms with van der Waals surface area (Å²) in [7, 11) is 1.83. The molecule has 1 saturated heterocycles. The molecule has 3 N–H and O–H groups in total. The van der Waals surface area contributed by atoms with Crippen LogP contribution in [0.4, 0.5) is 5.69 Å². The number of hydroxylamine groups is 1. The molecule has 0 aromatic heterocycles. The van der Waals surface area contributed by atoms with Crippen molar-refractivity contribution in [3.05, 3.63) is 23.8 Å². The zero-order chi connectivity index (χ0) is 17.1. The van der Waals surface area contributed by atoms with Crippen molar-refractivity contribution in [2.24, 2.45) is 0 Å². The molecule has 0 saturated carbocycles. The smallest absolute Gasteiger partial charge is 0.274 e. The lowest BCUT2D eigenvalue weighted by Crippen LogP contribution is -2.51. The number of fused-ring (bicyclic) bond motifs is 1. The number of amides is 2. The number of ether oxygens (including phenoxy) is 2. The fourth-order valence-electron chi connectivity index (χ4n) is 2.93. The average molecular weight is 372 g/mol. The van der Waals surface area contributed by atoms with Gasteiger partial charge in [-0.3, -0.25) is 14.8 Å². The van der Waals surface area contributed by atoms with Crippen LogP contribution in [0.3, 0.4) is 0 Å². The molecule has 0 bridgehead atoms. The van der Waals surface area contributed by atoms with Crippen molar-refractivity contribution in [1.29, 1.82) is 0 Å². The summed E-state index contributed by atoms with van der Waals surface area (Å²) >= 11 is 0. The number of benzene rings is 1. The average Bonchev–Trinajstić information content (AvgIpc) is 2.61. The number of likely N-dealkylation sites (N-methyl/N-ethyl adjacent to an activating group) is 1. The van der Waals surface area contributed by atoms with Gasteiger partial charge in [0.15, 0.2) is 6.10 Å². The summed E-state index contributed by atoms with van der Waals surface area (Å²) in [6.45, 7) is 1.70. The summed E-state index contributed by atoms with van der Waals surface area (Å²) in [6, 6.07) is 4.91. The second-order valence-corrected chi connectivity index (χ2v) is 6.01. The van der Waals surface area contributed by atoms with Gasteiger partial charge in [0.25, 0.3) is 11.8 Å². The van der Waals surface area contributed by atoms with Crippen LogP contribution in [0.15, 0.2) is 18.2 Å². The normalized spacial score (nSPS) is 19.9. The van der Waals surface area contributed by atoms with Gasteiger partial charge in [-0.2, -0.15) is 0 Å². The molecule has 2 aliphatic rings. The third-order valence-electron chi connectivity index (χ3n) is 4.30. The van der Waals surface area contributed by atoms with Gasteiger partial charge in [0.05, 0.1) is 12.2 Å². The number of nitrogens with zero attached hydrogens (tertiary/aromatic N) is 1. The number of carbonyl (C=O) groups is 2. The molecule has 1 aromatic carbocycles. The van der Waals surface area contributed by atoms with E-state index >= 15 is 0 Å². The first-order valence-electron chi connectivity index (χ1n) is 7.93. The predicted molar refractivity (Wildman–Crippen MR) is 92.6 cm³/mol. The molecule has 3 rings (SSSR count). The molecule has 8 nitrogen and oxygen atoms in total. The highest BCUT2D eigenvalue weighted by Crippen LogP contribution is 2.33. The van der Waals surface area contributed by atoms with Gasteiger partial charge in [0.2, 0.25) is 0 Å². The summed E-state index contributed by atoms with van der Waals surface area (Å²) < 4.78 is 11.1. The van der Waals surface area contributed by atoms with Crippen molar-refractivity contribution in [2.45, 2.75) is 25.0 Å². The zero-order valence-electron chi connectivity index (χ0n) is 13.9. The Hall–Kier alpha value is -2.03. The minimum Gasteiger partial charge on any atom is -0.477 e. The van der Waals surface area contributed by atoms with Gasteiger partial charge in [-0.15, -0.1) is 12.4 Å². The van der Waals surface area contributed by atoms with E-state index in [9.17, 15) is 9.59 Å². The van der Waals surface area contributed by atoms with Crippen molar-refractivity contribution in [3.8, 4) is 5.75 Å². The van der Waals surface area contributed by atoms with E-state index in [4.69, 9.17) is 14.7 Å². The number of hydrogen-bond acceptors (Lipinski definition) is 6. The van der Waals surface area contributed by atoms with E-state index in [1.165, 1.54) is 6.07 Å². The third kappa shape index (κ3) is 4.33. The molecule has 0 spiro atoms. The summed E-state index contributed by atoms with van der Waals surface area (Å²) in [4.78, 5) is 25.8. The Bertz CT molecular complexity index is 636. The monoisotopic (exact) mass is 371 g/mol. The van der Waals surface area contributed by atoms with Crippen molar-refractivity contribution in [2.75, 3.05) is 31.7 Å². The van der Waals surface area contributed by atoms with Crippen molar-refractivity contribution >= 4 is 29.9 Å². The molecule has 2 heterocycles. The quantitative estimate of drug-likeness (QED) is 0.535. The number of hydrogen-bond donors (Lipinski definition) is 3. The van der Waals surface area contributed by atoms with Crippen LogP contribution < -0.4 is 20.4 Å². The molecule has 25 heavy (non-hydrogen) atoms. The second-order valence-electron chi connectivity index (χ2n) is 6.01. The Labute approximate surface area is 151 Å². The van der Waals surface area contributed by atoms with Gasteiger partial charge in [0, 0.05) is 31.9 Å². The van der Waals surface area contributed by atoms with Gasteiger partial charge in [0.1, 0.15) is 5.75 Å². The molecule has 2 aliphatic heterocycles. The standard InChI is InChI=1S/C16H21N3O5.ClH/c1-19-9-14(16(21)17-11-4-6-23-7-5-11)24-13-3-2-10(8-12(13)19)15(20)18-22;/h2-3,8,11,14,22H,4-7,9H2,1H3,(H,17,21)(H,18,20);1H. The van der Waals surface area contributed by atoms with Crippen molar-refractivity contribution < 1.29 is 24.3 Å². The fourth-order valence-corrected chi connectivity index (χ4v) is 2.93. The maximum Gasteiger partial charge on any atom is 0.274 e. The van der Waals surface area contributed by atoms with E-state index in [-0.39, 0.29) is 24.4 Å². The highest BCUT2D eigenvalue weighted by atomic mass is 35.5. The van der Waals surface area contributed by atoms with Crippen LogP contribution in [-0.4, -0.2) is 56.0 Å². The van der Waals surface area contributed by atoms with E-state index < -0.39 is 12.0 Å². The summed E-state index contributed by atoms with van der Waals surface area (Å²) in [5.41, 5.74) is 2.62. The largest absolute Gasteiger partial charge is 0.477 e. The molecule has 2 amide bonds. The molecule has 1 atom stereocenters. The Kier molecular flexibility index (Phi) is 6.46. The minimum atomic E-state index is -0.608. The van der Waals surface area contributed by atoms with Gasteiger partial charge in [-0.1, -0.05) is 0 Å². The maximum absolute atomic E-state index is 12.4. The lowest BCUT2D eigenvalue weighted by Gasteiger charge is -2.34. The molecule has 1 fully saturated rings. The number of halogens is 1. The number of rotatable bonds is 3. The van der Waals surface area contributed by atoms with Gasteiger partial charge in [-0.25, -0.2) is 5.48 Å². The van der Waals surface area contributed by atoms with E-state index in [1.807, 2.05) is 11.9 Å². The van der Waals surface area contributed by atoms with E-state index in [1.54, 1.807) is 17.6 Å². The van der Waals surface area contributed by atoms with E-state index in [0.717, 1.165) is 12.8 Å². The fraction of sp³-hybridized carbons (Fsp3) is 0.500. The summed E-state index contributed by atoms with van der Waals surface area (Å²) in [5.74, 6) is -0.201. The lowest BCUT2D eigenvalue weighted by atomic mass is 10.1. The first kappa shape index (κ1) is 19.3. The molecular formula is C16H22ClN3O5. The number of anilines is 1. The first-order chi connectivity index (χ1) is 11.6. The van der Waals surface area contributed by atoms with Crippen LogP contribution in [-0.2, 0) is 9.53 Å². The molecule has 9 heteroatoms. The van der Waals surface area contributed by atoms with Crippen LogP contribution in [0, 0.1) is 0 Å². The van der Waals surface area contributed by atoms with Crippen LogP contribution in [0.1, 0.15) is 23.2 Å². The first-order valence-corrected chi connectivity index (χ1v) is 7.93. The topological polar surface area (TPSA) is 100 Å². The van der Waals surface area contributed by atoms with Crippen LogP contribution in [0.5, 0.6) is 5.75 Å². The predicted octanol–water partition coefficient (Wildman–Crippen LogP) is 0.720. The molecule has 1 unspecified atom stereocenters. The third-order valence-corrected chi connectivity index (χ3v) is 4.30. The Morgan fingerprint density at radius 2 is 2.00 bits per heavy atom. The molecule has 0 aliphatic carbocycles. The lowest BCUT2D eigenvalue weighted by molar-refractivity contribution is -0.129. The SMILES string of the molecule is CN1CC(C(=O)NC2CCOCC2)Oc2ccc(C(=O)NO)cc21.Cl. The molecule has 138 valence electrons. The Balaban J connectivity index is 0.00000225. The van der Waals surface area contributed by atoms with E-state index in [2.05, 4.69) is 5.32 Å². The second kappa shape index (κ2) is 8.37. The highest BCUT2D eigenvalue weighted by molar-refractivity contribution is 5.95. The maximum atomic E-state index is 12.4. The summed E-state index contributed by atoms with van der Waals surface area (Å²) in [6.07, 6.45) is 1.01. The Morgan fingerprint density at radius 1 is 1.28 bits per heavy atom. The van der Waals surface area contributed by atoms with Crippen LogP contribution >= 0.6 is 12.4 Å². The Morgan fingerprint density at radius 3 is 2.68 bits per heavy atom. The van der Waals surface area contributed by atoms with E-state index in [0.29, 0.717) is 36.8 Å². The highest BCUT2D eigenvalue weighted by Gasteiger charge is 2.31. The van der Waals surface area contributed by atoms with Gasteiger partial charge < -0.3 is 19.7 Å². The van der Waals surface area contributed by atoms with Crippen molar-refractivity contribution in [1.82, 2.24) is 10.8 Å². The van der Waals surface area contributed by atoms with Crippen molar-refractivity contribution in [3.63, 3.8) is 0 Å². The molecule has 1 aromatic rings. The summed E-state index contributed by atoms with van der Waals surface area (Å²) in [5, 5.41) is 11.7. The minimum absolute atomic E-state index is 0. The van der Waals surface area contributed by atoms with Crippen LogP contribution in [0.2, 0.25) is 0 Å². The number of carbonyl (C=O) groups excluding carboxylic acids is 2. The molecule has 0 radical (unpaired) electrons. The van der Waals surface area contributed by atoms with Gasteiger partial charge in [-0.05, 0) is 31.0 Å². The molecular weight excluding hydrogens is 350 g/mol. The number of nitrogens with one attached hydrogen (secondary N) is 2. The zero-order valence-corrected chi connectivity index (χ0v) is 14.7. The van der Waals surface area contributed by atoms with Crippen LogP contribution in [0.25, 0.3) is 0 Å².